The number of amides is 2. The van der Waals surface area contributed by atoms with Gasteiger partial charge in [0.25, 0.3) is 0 Å². The van der Waals surface area contributed by atoms with E-state index in [1.54, 1.807) is 0 Å². The monoisotopic (exact) mass is 409 g/mol. The second-order valence-electron chi connectivity index (χ2n) is 7.73. The second kappa shape index (κ2) is 10.7. The highest BCUT2D eigenvalue weighted by Gasteiger charge is 2.29. The molecule has 2 amide bonds. The van der Waals surface area contributed by atoms with E-state index in [9.17, 15) is 9.59 Å². The molecule has 2 fully saturated rings. The van der Waals surface area contributed by atoms with Crippen LogP contribution in [0.25, 0.3) is 0 Å². The molecule has 2 aliphatic rings. The van der Waals surface area contributed by atoms with Crippen molar-refractivity contribution in [2.45, 2.75) is 57.0 Å². The predicted molar refractivity (Wildman–Crippen MR) is 111 cm³/mol. The van der Waals surface area contributed by atoms with Crippen LogP contribution in [0.3, 0.4) is 0 Å². The summed E-state index contributed by atoms with van der Waals surface area (Å²) in [6.45, 7) is 2.14. The Balaban J connectivity index is 0.00000280. The van der Waals surface area contributed by atoms with Gasteiger partial charge >= 0.3 is 12.0 Å². The molecule has 6 nitrogen and oxygen atoms in total. The number of nitrogens with one attached hydrogen (secondary N) is 1. The lowest BCUT2D eigenvalue weighted by atomic mass is 9.86. The van der Waals surface area contributed by atoms with E-state index < -0.39 is 0 Å². The van der Waals surface area contributed by atoms with Crippen molar-refractivity contribution in [1.29, 1.82) is 0 Å². The number of nitrogens with two attached hydrogens (primary N) is 1. The SMILES string of the molecule is COC(=O)[C@H]1CC[C@H](NC(=O)N2CCC(c3ccc(CN)cc3)CC2)CC1.Cl. The number of benzene rings is 1. The Morgan fingerprint density at radius 3 is 2.21 bits per heavy atom. The first-order valence-electron chi connectivity index (χ1n) is 10.0. The second-order valence-corrected chi connectivity index (χ2v) is 7.73. The number of carbonyl (C=O) groups excluding carboxylic acids is 2. The van der Waals surface area contributed by atoms with Crippen molar-refractivity contribution in [3.8, 4) is 0 Å². The summed E-state index contributed by atoms with van der Waals surface area (Å²) in [6, 6.07) is 8.73. The van der Waals surface area contributed by atoms with E-state index in [1.807, 2.05) is 4.90 Å². The van der Waals surface area contributed by atoms with Gasteiger partial charge in [0.15, 0.2) is 0 Å². The molecular weight excluding hydrogens is 378 g/mol. The van der Waals surface area contributed by atoms with Gasteiger partial charge in [-0.1, -0.05) is 24.3 Å². The quantitative estimate of drug-likeness (QED) is 0.748. The van der Waals surface area contributed by atoms with Crippen LogP contribution in [-0.4, -0.2) is 43.1 Å². The number of hydrogen-bond donors (Lipinski definition) is 2. The molecule has 1 aliphatic heterocycles. The van der Waals surface area contributed by atoms with Gasteiger partial charge in [0.05, 0.1) is 13.0 Å². The number of likely N-dealkylation sites (tertiary alicyclic amines) is 1. The Morgan fingerprint density at radius 2 is 1.68 bits per heavy atom. The van der Waals surface area contributed by atoms with Crippen molar-refractivity contribution in [2.75, 3.05) is 20.2 Å². The van der Waals surface area contributed by atoms with Gasteiger partial charge in [-0.25, -0.2) is 4.79 Å². The topological polar surface area (TPSA) is 84.7 Å². The van der Waals surface area contributed by atoms with Gasteiger partial charge in [0.2, 0.25) is 0 Å². The summed E-state index contributed by atoms with van der Waals surface area (Å²) in [5.74, 6) is 0.377. The van der Waals surface area contributed by atoms with Gasteiger partial charge in [-0.15, -0.1) is 12.4 Å². The number of urea groups is 1. The molecule has 1 aromatic carbocycles. The van der Waals surface area contributed by atoms with Crippen LogP contribution in [0.1, 0.15) is 55.6 Å². The maximum Gasteiger partial charge on any atom is 0.317 e. The maximum atomic E-state index is 12.6. The number of carbonyl (C=O) groups is 2. The van der Waals surface area contributed by atoms with E-state index in [-0.39, 0.29) is 36.4 Å². The zero-order chi connectivity index (χ0) is 19.2. The largest absolute Gasteiger partial charge is 0.469 e. The van der Waals surface area contributed by atoms with Crippen molar-refractivity contribution >= 4 is 24.4 Å². The highest BCUT2D eigenvalue weighted by atomic mass is 35.5. The fourth-order valence-corrected chi connectivity index (χ4v) is 4.25. The third-order valence-corrected chi connectivity index (χ3v) is 6.06. The highest BCUT2D eigenvalue weighted by Crippen LogP contribution is 2.29. The van der Waals surface area contributed by atoms with Crippen LogP contribution in [0.4, 0.5) is 4.79 Å². The van der Waals surface area contributed by atoms with Crippen molar-refractivity contribution in [3.05, 3.63) is 35.4 Å². The number of piperidine rings is 1. The lowest BCUT2D eigenvalue weighted by Crippen LogP contribution is -2.48. The Hall–Kier alpha value is -1.79. The van der Waals surface area contributed by atoms with Crippen LogP contribution < -0.4 is 11.1 Å². The molecule has 7 heteroatoms. The maximum absolute atomic E-state index is 12.6. The molecule has 0 bridgehead atoms. The molecule has 3 rings (SSSR count). The van der Waals surface area contributed by atoms with Crippen LogP contribution in [0, 0.1) is 5.92 Å². The molecule has 1 saturated heterocycles. The molecule has 3 N–H and O–H groups in total. The smallest absolute Gasteiger partial charge is 0.317 e. The van der Waals surface area contributed by atoms with E-state index >= 15 is 0 Å². The number of methoxy groups -OCH3 is 1. The molecule has 0 unspecified atom stereocenters. The number of rotatable bonds is 4. The zero-order valence-electron chi connectivity index (χ0n) is 16.6. The summed E-state index contributed by atoms with van der Waals surface area (Å²) >= 11 is 0. The normalized spacial score (nSPS) is 22.9. The summed E-state index contributed by atoms with van der Waals surface area (Å²) in [5.41, 5.74) is 8.15. The van der Waals surface area contributed by atoms with E-state index in [4.69, 9.17) is 10.5 Å². The van der Waals surface area contributed by atoms with Gasteiger partial charge < -0.3 is 20.7 Å². The Labute approximate surface area is 173 Å². The average molecular weight is 410 g/mol. The number of ether oxygens (including phenoxy) is 1. The molecule has 1 saturated carbocycles. The zero-order valence-corrected chi connectivity index (χ0v) is 17.4. The van der Waals surface area contributed by atoms with Crippen LogP contribution in [0.15, 0.2) is 24.3 Å². The first-order chi connectivity index (χ1) is 13.1. The van der Waals surface area contributed by atoms with Crippen LogP contribution in [0.5, 0.6) is 0 Å². The van der Waals surface area contributed by atoms with E-state index in [0.29, 0.717) is 12.5 Å². The summed E-state index contributed by atoms with van der Waals surface area (Å²) in [4.78, 5) is 26.1. The number of hydrogen-bond acceptors (Lipinski definition) is 4. The standard InChI is InChI=1S/C21H31N3O3.ClH/c1-27-20(25)18-6-8-19(9-7-18)23-21(26)24-12-10-17(11-13-24)16-4-2-15(14-22)3-5-16;/h2-5,17-19H,6-14,22H2,1H3,(H,23,26);1H/t18-,19-;. The van der Waals surface area contributed by atoms with E-state index in [1.165, 1.54) is 12.7 Å². The number of halogens is 1. The van der Waals surface area contributed by atoms with Crippen LogP contribution in [-0.2, 0) is 16.1 Å². The minimum atomic E-state index is -0.124. The first kappa shape index (κ1) is 22.5. The molecule has 0 spiro atoms. The third kappa shape index (κ3) is 5.61. The minimum Gasteiger partial charge on any atom is -0.469 e. The minimum absolute atomic E-state index is 0. The van der Waals surface area contributed by atoms with Crippen LogP contribution in [0.2, 0.25) is 0 Å². The molecule has 1 heterocycles. The fourth-order valence-electron chi connectivity index (χ4n) is 4.25. The fraction of sp³-hybridized carbons (Fsp3) is 0.619. The highest BCUT2D eigenvalue weighted by molar-refractivity contribution is 5.85. The molecule has 0 radical (unpaired) electrons. The van der Waals surface area contributed by atoms with Gasteiger partial charge in [0, 0.05) is 25.7 Å². The van der Waals surface area contributed by atoms with Gasteiger partial charge in [0.1, 0.15) is 0 Å². The Morgan fingerprint density at radius 1 is 1.07 bits per heavy atom. The summed E-state index contributed by atoms with van der Waals surface area (Å²) < 4.78 is 4.82. The van der Waals surface area contributed by atoms with Crippen molar-refractivity contribution in [1.82, 2.24) is 10.2 Å². The lowest BCUT2D eigenvalue weighted by molar-refractivity contribution is -0.146. The first-order valence-corrected chi connectivity index (χ1v) is 10.0. The molecule has 0 aromatic heterocycles. The summed E-state index contributed by atoms with van der Waals surface area (Å²) in [5, 5.41) is 3.16. The molecular formula is C21H32ClN3O3. The molecule has 28 heavy (non-hydrogen) atoms. The molecule has 0 atom stereocenters. The number of esters is 1. The summed E-state index contributed by atoms with van der Waals surface area (Å²) in [7, 11) is 1.44. The Kier molecular flexibility index (Phi) is 8.58. The third-order valence-electron chi connectivity index (χ3n) is 6.06. The van der Waals surface area contributed by atoms with Gasteiger partial charge in [-0.3, -0.25) is 4.79 Å². The molecule has 1 aromatic rings. The molecule has 1 aliphatic carbocycles. The van der Waals surface area contributed by atoms with Gasteiger partial charge in [-0.2, -0.15) is 0 Å². The van der Waals surface area contributed by atoms with Crippen molar-refractivity contribution in [2.24, 2.45) is 11.7 Å². The van der Waals surface area contributed by atoms with E-state index in [0.717, 1.165) is 57.2 Å². The van der Waals surface area contributed by atoms with E-state index in [2.05, 4.69) is 29.6 Å². The van der Waals surface area contributed by atoms with Crippen molar-refractivity contribution < 1.29 is 14.3 Å². The molecule has 156 valence electrons. The number of nitrogens with zero attached hydrogens (tertiary/aromatic N) is 1. The van der Waals surface area contributed by atoms with Crippen molar-refractivity contribution in [3.63, 3.8) is 0 Å². The lowest BCUT2D eigenvalue weighted by Gasteiger charge is -2.34. The van der Waals surface area contributed by atoms with Crippen LogP contribution >= 0.6 is 12.4 Å². The summed E-state index contributed by atoms with van der Waals surface area (Å²) in [6.07, 6.45) is 5.25. The van der Waals surface area contributed by atoms with Gasteiger partial charge in [-0.05, 0) is 55.6 Å². The predicted octanol–water partition coefficient (Wildman–Crippen LogP) is 3.19. The Bertz CT molecular complexity index is 637. The average Bonchev–Trinajstić information content (AvgIpc) is 2.74.